The van der Waals surface area contributed by atoms with Gasteiger partial charge in [-0.3, -0.25) is 0 Å². The van der Waals surface area contributed by atoms with Crippen molar-refractivity contribution < 1.29 is 9.90 Å². The number of aliphatic hydroxyl groups is 1. The molecule has 0 aromatic heterocycles. The van der Waals surface area contributed by atoms with Crippen LogP contribution in [0.15, 0.2) is 24.3 Å². The molecule has 0 spiro atoms. The monoisotopic (exact) mass is 306 g/mol. The Hall–Kier alpha value is -1.55. The average molecular weight is 306 g/mol. The van der Waals surface area contributed by atoms with Gasteiger partial charge in [-0.05, 0) is 23.0 Å². The SMILES string of the molecule is CCC(CC)C(O)CNC(=O)Nc1ccccc1C(C)(C)C. The van der Waals surface area contributed by atoms with Crippen LogP contribution < -0.4 is 10.6 Å². The van der Waals surface area contributed by atoms with E-state index in [0.717, 1.165) is 24.1 Å². The molecular formula is C18H30N2O2. The number of amides is 2. The van der Waals surface area contributed by atoms with Crippen molar-refractivity contribution >= 4 is 11.7 Å². The van der Waals surface area contributed by atoms with Crippen molar-refractivity contribution in [2.75, 3.05) is 11.9 Å². The van der Waals surface area contributed by atoms with Gasteiger partial charge < -0.3 is 15.7 Å². The number of benzene rings is 1. The Balaban J connectivity index is 2.63. The zero-order valence-electron chi connectivity index (χ0n) is 14.4. The summed E-state index contributed by atoms with van der Waals surface area (Å²) in [6, 6.07) is 7.53. The van der Waals surface area contributed by atoms with Crippen LogP contribution in [0, 0.1) is 5.92 Å². The van der Waals surface area contributed by atoms with Gasteiger partial charge in [-0.2, -0.15) is 0 Å². The van der Waals surface area contributed by atoms with Gasteiger partial charge in [0.05, 0.1) is 6.10 Å². The van der Waals surface area contributed by atoms with E-state index in [2.05, 4.69) is 45.3 Å². The number of rotatable bonds is 6. The Bertz CT molecular complexity index is 476. The Morgan fingerprint density at radius 1 is 1.18 bits per heavy atom. The topological polar surface area (TPSA) is 61.4 Å². The van der Waals surface area contributed by atoms with Crippen molar-refractivity contribution in [3.8, 4) is 0 Å². The molecule has 124 valence electrons. The predicted octanol–water partition coefficient (Wildman–Crippen LogP) is 3.90. The first-order valence-electron chi connectivity index (χ1n) is 8.12. The van der Waals surface area contributed by atoms with Gasteiger partial charge in [0.25, 0.3) is 0 Å². The van der Waals surface area contributed by atoms with Crippen molar-refractivity contribution in [3.05, 3.63) is 29.8 Å². The number of anilines is 1. The molecule has 0 bridgehead atoms. The second kappa shape index (κ2) is 8.18. The maximum atomic E-state index is 12.1. The largest absolute Gasteiger partial charge is 0.391 e. The van der Waals surface area contributed by atoms with Crippen molar-refractivity contribution in [1.82, 2.24) is 5.32 Å². The van der Waals surface area contributed by atoms with Crippen molar-refractivity contribution in [2.45, 2.75) is 59.0 Å². The summed E-state index contributed by atoms with van der Waals surface area (Å²) >= 11 is 0. The van der Waals surface area contributed by atoms with Crippen molar-refractivity contribution in [3.63, 3.8) is 0 Å². The molecule has 1 aromatic carbocycles. The lowest BCUT2D eigenvalue weighted by Gasteiger charge is -2.24. The van der Waals surface area contributed by atoms with Crippen LogP contribution in [-0.4, -0.2) is 23.8 Å². The molecule has 1 unspecified atom stereocenters. The van der Waals surface area contributed by atoms with E-state index in [0.29, 0.717) is 0 Å². The molecule has 22 heavy (non-hydrogen) atoms. The summed E-state index contributed by atoms with van der Waals surface area (Å²) in [6.07, 6.45) is 1.32. The lowest BCUT2D eigenvalue weighted by atomic mass is 9.86. The van der Waals surface area contributed by atoms with Crippen LogP contribution in [0.4, 0.5) is 10.5 Å². The standard InChI is InChI=1S/C18H30N2O2/c1-6-13(7-2)16(21)12-19-17(22)20-15-11-9-8-10-14(15)18(3,4)5/h8-11,13,16,21H,6-7,12H2,1-5H3,(H2,19,20,22). The summed E-state index contributed by atoms with van der Waals surface area (Å²) in [6.45, 7) is 10.7. The fourth-order valence-electron chi connectivity index (χ4n) is 2.61. The molecule has 0 saturated heterocycles. The molecule has 1 rings (SSSR count). The quantitative estimate of drug-likeness (QED) is 0.746. The van der Waals surface area contributed by atoms with E-state index in [4.69, 9.17) is 0 Å². The van der Waals surface area contributed by atoms with E-state index in [1.807, 2.05) is 24.3 Å². The molecule has 2 amide bonds. The maximum Gasteiger partial charge on any atom is 0.319 e. The molecule has 4 nitrogen and oxygen atoms in total. The molecule has 0 aliphatic heterocycles. The molecule has 1 atom stereocenters. The Labute approximate surface area is 134 Å². The van der Waals surface area contributed by atoms with Gasteiger partial charge in [-0.15, -0.1) is 0 Å². The van der Waals surface area contributed by atoms with E-state index < -0.39 is 6.10 Å². The molecule has 4 heteroatoms. The van der Waals surface area contributed by atoms with E-state index in [1.165, 1.54) is 0 Å². The van der Waals surface area contributed by atoms with E-state index >= 15 is 0 Å². The number of hydrogen-bond acceptors (Lipinski definition) is 2. The summed E-state index contributed by atoms with van der Waals surface area (Å²) in [5.41, 5.74) is 1.86. The van der Waals surface area contributed by atoms with E-state index in [-0.39, 0.29) is 23.9 Å². The van der Waals surface area contributed by atoms with Crippen LogP contribution in [0.3, 0.4) is 0 Å². The first kappa shape index (κ1) is 18.5. The van der Waals surface area contributed by atoms with Crippen LogP contribution >= 0.6 is 0 Å². The normalized spacial score (nSPS) is 13.0. The first-order valence-corrected chi connectivity index (χ1v) is 8.12. The summed E-state index contributed by atoms with van der Waals surface area (Å²) in [5, 5.41) is 15.7. The lowest BCUT2D eigenvalue weighted by Crippen LogP contribution is -2.38. The number of para-hydroxylation sites is 1. The number of nitrogens with one attached hydrogen (secondary N) is 2. The summed E-state index contributed by atoms with van der Waals surface area (Å²) in [4.78, 5) is 12.1. The van der Waals surface area contributed by atoms with E-state index in [9.17, 15) is 9.90 Å². The van der Waals surface area contributed by atoms with Crippen LogP contribution in [0.2, 0.25) is 0 Å². The highest BCUT2D eigenvalue weighted by Crippen LogP contribution is 2.29. The first-order chi connectivity index (χ1) is 10.3. The lowest BCUT2D eigenvalue weighted by molar-refractivity contribution is 0.104. The van der Waals surface area contributed by atoms with Gasteiger partial charge in [-0.1, -0.05) is 65.7 Å². The minimum absolute atomic E-state index is 0.0428. The van der Waals surface area contributed by atoms with Crippen molar-refractivity contribution in [2.24, 2.45) is 5.92 Å². The Morgan fingerprint density at radius 2 is 1.77 bits per heavy atom. The van der Waals surface area contributed by atoms with Gasteiger partial charge in [0.2, 0.25) is 0 Å². The predicted molar refractivity (Wildman–Crippen MR) is 92.2 cm³/mol. The van der Waals surface area contributed by atoms with Crippen LogP contribution in [0.25, 0.3) is 0 Å². The molecule has 0 fully saturated rings. The molecule has 0 radical (unpaired) electrons. The van der Waals surface area contributed by atoms with Crippen molar-refractivity contribution in [1.29, 1.82) is 0 Å². The maximum absolute atomic E-state index is 12.1. The third-order valence-electron chi connectivity index (χ3n) is 4.05. The number of hydrogen-bond donors (Lipinski definition) is 3. The molecule has 3 N–H and O–H groups in total. The Kier molecular flexibility index (Phi) is 6.88. The molecular weight excluding hydrogens is 276 g/mol. The van der Waals surface area contributed by atoms with Gasteiger partial charge in [-0.25, -0.2) is 4.79 Å². The highest BCUT2D eigenvalue weighted by Gasteiger charge is 2.19. The molecule has 0 aliphatic carbocycles. The van der Waals surface area contributed by atoms with Gasteiger partial charge >= 0.3 is 6.03 Å². The van der Waals surface area contributed by atoms with Gasteiger partial charge in [0.15, 0.2) is 0 Å². The minimum Gasteiger partial charge on any atom is -0.391 e. The number of urea groups is 1. The third-order valence-corrected chi connectivity index (χ3v) is 4.05. The van der Waals surface area contributed by atoms with Crippen LogP contribution in [-0.2, 0) is 5.41 Å². The van der Waals surface area contributed by atoms with Gasteiger partial charge in [0, 0.05) is 12.2 Å². The highest BCUT2D eigenvalue weighted by atomic mass is 16.3. The number of carbonyl (C=O) groups is 1. The third kappa shape index (κ3) is 5.34. The van der Waals surface area contributed by atoms with E-state index in [1.54, 1.807) is 0 Å². The number of carbonyl (C=O) groups excluding carboxylic acids is 1. The molecule has 1 aromatic rings. The summed E-state index contributed by atoms with van der Waals surface area (Å²) in [5.74, 6) is 0.224. The average Bonchev–Trinajstić information content (AvgIpc) is 2.46. The molecule has 0 heterocycles. The summed E-state index contributed by atoms with van der Waals surface area (Å²) in [7, 11) is 0. The fraction of sp³-hybridized carbons (Fsp3) is 0.611. The minimum atomic E-state index is -0.501. The summed E-state index contributed by atoms with van der Waals surface area (Å²) < 4.78 is 0. The zero-order valence-corrected chi connectivity index (χ0v) is 14.4. The number of aliphatic hydroxyl groups excluding tert-OH is 1. The van der Waals surface area contributed by atoms with Gasteiger partial charge in [0.1, 0.15) is 0 Å². The Morgan fingerprint density at radius 3 is 2.32 bits per heavy atom. The highest BCUT2D eigenvalue weighted by molar-refractivity contribution is 5.90. The molecule has 0 aliphatic rings. The van der Waals surface area contributed by atoms with Crippen LogP contribution in [0.1, 0.15) is 53.0 Å². The second-order valence-corrected chi connectivity index (χ2v) is 6.77. The smallest absolute Gasteiger partial charge is 0.319 e. The fourth-order valence-corrected chi connectivity index (χ4v) is 2.61. The molecule has 0 saturated carbocycles. The second-order valence-electron chi connectivity index (χ2n) is 6.77. The van der Waals surface area contributed by atoms with Crippen LogP contribution in [0.5, 0.6) is 0 Å². The zero-order chi connectivity index (χ0) is 16.8.